The minimum atomic E-state index is -0.674. The van der Waals surface area contributed by atoms with E-state index in [0.717, 1.165) is 0 Å². The highest BCUT2D eigenvalue weighted by Crippen LogP contribution is 2.32. The van der Waals surface area contributed by atoms with Crippen LogP contribution in [-0.4, -0.2) is 79.2 Å². The maximum atomic E-state index is 12.7. The van der Waals surface area contributed by atoms with Crippen LogP contribution < -0.4 is 20.7 Å². The Hall–Kier alpha value is -4.48. The van der Waals surface area contributed by atoms with Crippen LogP contribution in [0.1, 0.15) is 10.4 Å². The predicted molar refractivity (Wildman–Crippen MR) is 152 cm³/mol. The van der Waals surface area contributed by atoms with Gasteiger partial charge < -0.3 is 30.5 Å². The summed E-state index contributed by atoms with van der Waals surface area (Å²) >= 11 is 6.34. The second-order valence-corrected chi connectivity index (χ2v) is 9.19. The molecular weight excluding hydrogens is 522 g/mol. The molecule has 0 aliphatic rings. The summed E-state index contributed by atoms with van der Waals surface area (Å²) < 4.78 is 5.44. The van der Waals surface area contributed by atoms with Gasteiger partial charge in [-0.2, -0.15) is 4.98 Å². The first-order chi connectivity index (χ1) is 18.6. The molecule has 0 atom stereocenters. The zero-order valence-electron chi connectivity index (χ0n) is 22.3. The van der Waals surface area contributed by atoms with E-state index < -0.39 is 11.7 Å². The van der Waals surface area contributed by atoms with Gasteiger partial charge in [-0.3, -0.25) is 14.4 Å². The number of Topliss-reactive ketones (excluding diaryl/α,β-unsaturated/α-hetero) is 1. The summed E-state index contributed by atoms with van der Waals surface area (Å²) in [5, 5.41) is 9.09. The number of rotatable bonds is 11. The first-order valence-electron chi connectivity index (χ1n) is 11.8. The highest BCUT2D eigenvalue weighted by atomic mass is 35.5. The third kappa shape index (κ3) is 8.00. The Balaban J connectivity index is 1.84. The molecule has 0 aliphatic carbocycles. The molecule has 3 aromatic rings. The van der Waals surface area contributed by atoms with E-state index in [0.29, 0.717) is 29.4 Å². The van der Waals surface area contributed by atoms with Crippen molar-refractivity contribution in [3.05, 3.63) is 71.4 Å². The van der Waals surface area contributed by atoms with Crippen molar-refractivity contribution in [1.82, 2.24) is 19.8 Å². The summed E-state index contributed by atoms with van der Waals surface area (Å²) in [6, 6.07) is 11.6. The topological polar surface area (TPSA) is 129 Å². The molecule has 0 bridgehead atoms. The fourth-order valence-corrected chi connectivity index (χ4v) is 3.45. The highest BCUT2D eigenvalue weighted by Gasteiger charge is 2.21. The zero-order chi connectivity index (χ0) is 28.5. The van der Waals surface area contributed by atoms with Crippen molar-refractivity contribution in [3.8, 4) is 5.75 Å². The van der Waals surface area contributed by atoms with Gasteiger partial charge in [-0.25, -0.2) is 4.98 Å². The highest BCUT2D eigenvalue weighted by molar-refractivity contribution is 6.43. The Morgan fingerprint density at radius 2 is 1.77 bits per heavy atom. The number of carbonyl (C=O) groups excluding carboxylic acids is 3. The van der Waals surface area contributed by atoms with E-state index in [1.807, 2.05) is 19.0 Å². The Morgan fingerprint density at radius 3 is 2.46 bits per heavy atom. The molecule has 1 aromatic heterocycles. The SMILES string of the molecule is COc1ccc(NC(=O)C=CCN(C)C)cc1Nc1ncc(Cl)c(Nc2ccccc2C(=O)C(=O)N(C)C)n1. The van der Waals surface area contributed by atoms with E-state index in [-0.39, 0.29) is 28.3 Å². The maximum absolute atomic E-state index is 12.7. The van der Waals surface area contributed by atoms with Crippen molar-refractivity contribution in [1.29, 1.82) is 0 Å². The van der Waals surface area contributed by atoms with Crippen LogP contribution in [0.25, 0.3) is 0 Å². The fourth-order valence-electron chi connectivity index (χ4n) is 3.31. The average Bonchev–Trinajstić information content (AvgIpc) is 2.90. The molecule has 3 N–H and O–H groups in total. The van der Waals surface area contributed by atoms with E-state index in [9.17, 15) is 14.4 Å². The number of halogens is 1. The number of hydrogen-bond donors (Lipinski definition) is 3. The lowest BCUT2D eigenvalue weighted by molar-refractivity contribution is -0.124. The second kappa shape index (κ2) is 13.4. The van der Waals surface area contributed by atoms with Crippen molar-refractivity contribution >= 4 is 58.0 Å². The lowest BCUT2D eigenvalue weighted by atomic mass is 10.1. The molecule has 0 spiro atoms. The van der Waals surface area contributed by atoms with Crippen LogP contribution in [-0.2, 0) is 9.59 Å². The molecule has 0 radical (unpaired) electrons. The van der Waals surface area contributed by atoms with Crippen molar-refractivity contribution in [3.63, 3.8) is 0 Å². The molecule has 2 aromatic carbocycles. The number of para-hydroxylation sites is 1. The van der Waals surface area contributed by atoms with Gasteiger partial charge in [-0.1, -0.05) is 29.8 Å². The molecule has 3 rings (SSSR count). The molecule has 204 valence electrons. The van der Waals surface area contributed by atoms with E-state index in [2.05, 4.69) is 25.9 Å². The van der Waals surface area contributed by atoms with E-state index in [1.165, 1.54) is 38.4 Å². The second-order valence-electron chi connectivity index (χ2n) is 8.78. The Morgan fingerprint density at radius 1 is 1.03 bits per heavy atom. The van der Waals surface area contributed by atoms with Gasteiger partial charge in [0.25, 0.3) is 11.7 Å². The first-order valence-corrected chi connectivity index (χ1v) is 12.2. The summed E-state index contributed by atoms with van der Waals surface area (Å²) in [6.07, 6.45) is 4.62. The van der Waals surface area contributed by atoms with Crippen molar-refractivity contribution in [2.45, 2.75) is 0 Å². The molecule has 39 heavy (non-hydrogen) atoms. The van der Waals surface area contributed by atoms with Gasteiger partial charge >= 0.3 is 0 Å². The summed E-state index contributed by atoms with van der Waals surface area (Å²) in [4.78, 5) is 49.0. The summed E-state index contributed by atoms with van der Waals surface area (Å²) in [5.41, 5.74) is 1.55. The number of likely N-dealkylation sites (N-methyl/N-ethyl adjacent to an activating group) is 2. The van der Waals surface area contributed by atoms with E-state index >= 15 is 0 Å². The third-order valence-electron chi connectivity index (χ3n) is 5.22. The fraction of sp³-hybridized carbons (Fsp3) is 0.222. The Bertz CT molecular complexity index is 1390. The van der Waals surface area contributed by atoms with Crippen LogP contribution in [0.3, 0.4) is 0 Å². The van der Waals surface area contributed by atoms with Crippen LogP contribution in [0.15, 0.2) is 60.8 Å². The molecule has 0 saturated heterocycles. The molecular formula is C27H30ClN7O4. The number of nitrogens with one attached hydrogen (secondary N) is 3. The number of amides is 2. The number of ether oxygens (including phenoxy) is 1. The minimum Gasteiger partial charge on any atom is -0.495 e. The number of carbonyl (C=O) groups is 3. The number of aromatic nitrogens is 2. The lowest BCUT2D eigenvalue weighted by Crippen LogP contribution is -2.30. The van der Waals surface area contributed by atoms with Gasteiger partial charge in [-0.15, -0.1) is 0 Å². The number of hydrogen-bond acceptors (Lipinski definition) is 9. The third-order valence-corrected chi connectivity index (χ3v) is 5.50. The zero-order valence-corrected chi connectivity index (χ0v) is 23.0. The van der Waals surface area contributed by atoms with Crippen LogP contribution in [0.4, 0.5) is 28.8 Å². The Kier molecular flexibility index (Phi) is 9.96. The molecule has 0 saturated carbocycles. The quantitative estimate of drug-likeness (QED) is 0.184. The van der Waals surface area contributed by atoms with Crippen LogP contribution in [0.5, 0.6) is 5.75 Å². The number of anilines is 5. The molecule has 1 heterocycles. The van der Waals surface area contributed by atoms with E-state index in [4.69, 9.17) is 16.3 Å². The van der Waals surface area contributed by atoms with Crippen molar-refractivity contribution < 1.29 is 19.1 Å². The molecule has 0 fully saturated rings. The van der Waals surface area contributed by atoms with E-state index in [1.54, 1.807) is 48.5 Å². The standard InChI is InChI=1S/C27H30ClN7O4/c1-34(2)14-8-11-23(36)30-17-12-13-22(39-5)21(15-17)32-27-29-16-19(28)25(33-27)31-20-10-7-6-9-18(20)24(37)26(38)35(3)4/h6-13,15-16H,14H2,1-5H3,(H,30,36)(H2,29,31,32,33). The molecule has 0 aliphatic heterocycles. The van der Waals surface area contributed by atoms with Crippen molar-refractivity contribution in [2.75, 3.05) is 57.8 Å². The average molecular weight is 552 g/mol. The smallest absolute Gasteiger partial charge is 0.294 e. The summed E-state index contributed by atoms with van der Waals surface area (Å²) in [5.74, 6) is -0.742. The predicted octanol–water partition coefficient (Wildman–Crippen LogP) is 3.95. The summed E-state index contributed by atoms with van der Waals surface area (Å²) in [7, 11) is 8.35. The first kappa shape index (κ1) is 29.1. The number of benzene rings is 2. The van der Waals surface area contributed by atoms with Gasteiger partial charge in [-0.05, 0) is 44.4 Å². The number of ketones is 1. The summed E-state index contributed by atoms with van der Waals surface area (Å²) in [6.45, 7) is 0.637. The van der Waals surface area contributed by atoms with Crippen LogP contribution in [0, 0.1) is 0 Å². The Labute approximate surface area is 231 Å². The van der Waals surface area contributed by atoms with Gasteiger partial charge in [0.05, 0.1) is 30.2 Å². The maximum Gasteiger partial charge on any atom is 0.294 e. The molecule has 11 nitrogen and oxygen atoms in total. The van der Waals surface area contributed by atoms with Gasteiger partial charge in [0, 0.05) is 32.4 Å². The number of nitrogens with zero attached hydrogens (tertiary/aromatic N) is 4. The van der Waals surface area contributed by atoms with Gasteiger partial charge in [0.1, 0.15) is 10.8 Å². The van der Waals surface area contributed by atoms with Crippen molar-refractivity contribution in [2.24, 2.45) is 0 Å². The molecule has 12 heteroatoms. The normalized spacial score (nSPS) is 10.8. The van der Waals surface area contributed by atoms with Crippen LogP contribution in [0.2, 0.25) is 5.02 Å². The number of methoxy groups -OCH3 is 1. The largest absolute Gasteiger partial charge is 0.495 e. The van der Waals surface area contributed by atoms with Gasteiger partial charge in [0.2, 0.25) is 11.9 Å². The monoisotopic (exact) mass is 551 g/mol. The minimum absolute atomic E-state index is 0.169. The van der Waals surface area contributed by atoms with Gasteiger partial charge in [0.15, 0.2) is 5.82 Å². The lowest BCUT2D eigenvalue weighted by Gasteiger charge is -2.15. The molecule has 0 unspecified atom stereocenters. The molecule has 2 amide bonds. The van der Waals surface area contributed by atoms with Crippen LogP contribution >= 0.6 is 11.6 Å².